The highest BCUT2D eigenvalue weighted by atomic mass is 16.5. The Hall–Kier alpha value is -1.88. The van der Waals surface area contributed by atoms with Gasteiger partial charge < -0.3 is 9.84 Å². The Bertz CT molecular complexity index is 566. The first-order chi connectivity index (χ1) is 9.69. The summed E-state index contributed by atoms with van der Waals surface area (Å²) in [6.45, 7) is 7.29. The number of aliphatic hydroxyl groups is 1. The zero-order valence-electron chi connectivity index (χ0n) is 12.2. The van der Waals surface area contributed by atoms with Gasteiger partial charge in [-0.25, -0.2) is 0 Å². The molecule has 0 saturated carbocycles. The number of hydrogen-bond donors (Lipinski definition) is 1. The monoisotopic (exact) mass is 275 g/mol. The predicted octanol–water partition coefficient (Wildman–Crippen LogP) is 2.34. The molecular formula is C15H21N3O2. The van der Waals surface area contributed by atoms with E-state index in [2.05, 4.69) is 17.0 Å². The molecule has 0 aliphatic heterocycles. The standard InChI is InChI=1S/C15H21N3O2/c1-4-12-8-14(18(5-2)17-12)15(19)11-7-13(20-6-3)10-16-9-11/h7-10,15,19H,4-6H2,1-3H3. The van der Waals surface area contributed by atoms with E-state index >= 15 is 0 Å². The summed E-state index contributed by atoms with van der Waals surface area (Å²) in [4.78, 5) is 4.12. The van der Waals surface area contributed by atoms with Crippen molar-refractivity contribution < 1.29 is 9.84 Å². The molecule has 0 fully saturated rings. The van der Waals surface area contributed by atoms with Crippen LogP contribution in [-0.4, -0.2) is 26.5 Å². The Morgan fingerprint density at radius 2 is 2.05 bits per heavy atom. The SMILES string of the molecule is CCOc1cncc(C(O)c2cc(CC)nn2CC)c1. The zero-order chi connectivity index (χ0) is 14.5. The summed E-state index contributed by atoms with van der Waals surface area (Å²) in [6.07, 6.45) is 3.42. The average molecular weight is 275 g/mol. The fraction of sp³-hybridized carbons (Fsp3) is 0.467. The van der Waals surface area contributed by atoms with Gasteiger partial charge >= 0.3 is 0 Å². The minimum atomic E-state index is -0.740. The molecule has 20 heavy (non-hydrogen) atoms. The van der Waals surface area contributed by atoms with Gasteiger partial charge in [0.25, 0.3) is 0 Å². The van der Waals surface area contributed by atoms with Gasteiger partial charge in [-0.15, -0.1) is 0 Å². The summed E-state index contributed by atoms with van der Waals surface area (Å²) in [6, 6.07) is 3.77. The average Bonchev–Trinajstić information content (AvgIpc) is 2.90. The Balaban J connectivity index is 2.32. The van der Waals surface area contributed by atoms with Gasteiger partial charge in [-0.2, -0.15) is 5.10 Å². The number of rotatable bonds is 6. The number of hydrogen-bond acceptors (Lipinski definition) is 4. The van der Waals surface area contributed by atoms with Crippen LogP contribution in [0.5, 0.6) is 5.75 Å². The summed E-state index contributed by atoms with van der Waals surface area (Å²) < 4.78 is 7.25. The molecule has 5 nitrogen and oxygen atoms in total. The first kappa shape index (κ1) is 14.5. The highest BCUT2D eigenvalue weighted by Gasteiger charge is 2.17. The Kier molecular flexibility index (Phi) is 4.74. The molecule has 0 aliphatic rings. The van der Waals surface area contributed by atoms with Gasteiger partial charge in [0.05, 0.1) is 24.2 Å². The molecule has 2 aromatic rings. The van der Waals surface area contributed by atoms with E-state index in [0.29, 0.717) is 17.9 Å². The number of aromatic nitrogens is 3. The second-order valence-electron chi connectivity index (χ2n) is 4.52. The van der Waals surface area contributed by atoms with E-state index in [1.165, 1.54) is 0 Å². The molecule has 2 heterocycles. The van der Waals surface area contributed by atoms with Crippen molar-refractivity contribution in [3.63, 3.8) is 0 Å². The maximum atomic E-state index is 10.5. The van der Waals surface area contributed by atoms with E-state index in [9.17, 15) is 5.11 Å². The van der Waals surface area contributed by atoms with Gasteiger partial charge in [0, 0.05) is 18.3 Å². The number of aryl methyl sites for hydroxylation is 2. The van der Waals surface area contributed by atoms with Gasteiger partial charge in [0.1, 0.15) is 11.9 Å². The molecule has 1 N–H and O–H groups in total. The van der Waals surface area contributed by atoms with E-state index in [0.717, 1.165) is 24.4 Å². The molecule has 108 valence electrons. The van der Waals surface area contributed by atoms with Crippen molar-refractivity contribution in [3.8, 4) is 5.75 Å². The van der Waals surface area contributed by atoms with E-state index in [-0.39, 0.29) is 0 Å². The van der Waals surface area contributed by atoms with Gasteiger partial charge in [0.2, 0.25) is 0 Å². The molecular weight excluding hydrogens is 254 g/mol. The molecule has 0 aliphatic carbocycles. The topological polar surface area (TPSA) is 60.2 Å². The molecule has 0 amide bonds. The minimum Gasteiger partial charge on any atom is -0.492 e. The summed E-state index contributed by atoms with van der Waals surface area (Å²) in [7, 11) is 0. The third-order valence-corrected chi connectivity index (χ3v) is 3.16. The van der Waals surface area contributed by atoms with E-state index in [1.54, 1.807) is 12.4 Å². The van der Waals surface area contributed by atoms with Crippen molar-refractivity contribution in [1.82, 2.24) is 14.8 Å². The third-order valence-electron chi connectivity index (χ3n) is 3.16. The van der Waals surface area contributed by atoms with Gasteiger partial charge in [-0.1, -0.05) is 6.92 Å². The van der Waals surface area contributed by atoms with Crippen LogP contribution in [-0.2, 0) is 13.0 Å². The highest BCUT2D eigenvalue weighted by molar-refractivity contribution is 5.30. The summed E-state index contributed by atoms with van der Waals surface area (Å²) >= 11 is 0. The van der Waals surface area contributed by atoms with Crippen molar-refractivity contribution in [2.75, 3.05) is 6.61 Å². The van der Waals surface area contributed by atoms with Crippen LogP contribution in [0.15, 0.2) is 24.5 Å². The van der Waals surface area contributed by atoms with Crippen LogP contribution in [0.2, 0.25) is 0 Å². The molecule has 2 rings (SSSR count). The van der Waals surface area contributed by atoms with Crippen molar-refractivity contribution >= 4 is 0 Å². The Morgan fingerprint density at radius 1 is 1.25 bits per heavy atom. The fourth-order valence-electron chi connectivity index (χ4n) is 2.13. The molecule has 1 atom stereocenters. The summed E-state index contributed by atoms with van der Waals surface area (Å²) in [5.41, 5.74) is 2.49. The van der Waals surface area contributed by atoms with Crippen LogP contribution >= 0.6 is 0 Å². The fourth-order valence-corrected chi connectivity index (χ4v) is 2.13. The van der Waals surface area contributed by atoms with Crippen LogP contribution in [0.4, 0.5) is 0 Å². The Morgan fingerprint density at radius 3 is 2.70 bits per heavy atom. The number of aliphatic hydroxyl groups excluding tert-OH is 1. The van der Waals surface area contributed by atoms with E-state index < -0.39 is 6.10 Å². The Labute approximate surface area is 119 Å². The van der Waals surface area contributed by atoms with Gasteiger partial charge in [-0.05, 0) is 32.4 Å². The third kappa shape index (κ3) is 2.99. The van der Waals surface area contributed by atoms with Gasteiger partial charge in [0.15, 0.2) is 0 Å². The molecule has 5 heteroatoms. The van der Waals surface area contributed by atoms with Crippen LogP contribution in [0.25, 0.3) is 0 Å². The largest absolute Gasteiger partial charge is 0.492 e. The first-order valence-corrected chi connectivity index (χ1v) is 7.02. The molecule has 2 aromatic heterocycles. The molecule has 1 unspecified atom stereocenters. The predicted molar refractivity (Wildman–Crippen MR) is 76.7 cm³/mol. The molecule has 0 saturated heterocycles. The van der Waals surface area contributed by atoms with Crippen LogP contribution in [0, 0.1) is 0 Å². The van der Waals surface area contributed by atoms with E-state index in [4.69, 9.17) is 4.74 Å². The molecule has 0 spiro atoms. The molecule has 0 bridgehead atoms. The second-order valence-corrected chi connectivity index (χ2v) is 4.52. The van der Waals surface area contributed by atoms with Gasteiger partial charge in [-0.3, -0.25) is 9.67 Å². The van der Waals surface area contributed by atoms with Crippen molar-refractivity contribution in [2.45, 2.75) is 39.8 Å². The molecule has 0 radical (unpaired) electrons. The zero-order valence-corrected chi connectivity index (χ0v) is 12.2. The second kappa shape index (κ2) is 6.52. The summed E-state index contributed by atoms with van der Waals surface area (Å²) in [5, 5.41) is 15.0. The highest BCUT2D eigenvalue weighted by Crippen LogP contribution is 2.25. The number of pyridine rings is 1. The minimum absolute atomic E-state index is 0.577. The lowest BCUT2D eigenvalue weighted by molar-refractivity contribution is 0.207. The smallest absolute Gasteiger partial charge is 0.137 e. The first-order valence-electron chi connectivity index (χ1n) is 7.02. The van der Waals surface area contributed by atoms with Crippen LogP contribution in [0.3, 0.4) is 0 Å². The number of ether oxygens (including phenoxy) is 1. The normalized spacial score (nSPS) is 12.4. The maximum Gasteiger partial charge on any atom is 0.137 e. The van der Waals surface area contributed by atoms with Crippen LogP contribution < -0.4 is 4.74 Å². The van der Waals surface area contributed by atoms with Crippen molar-refractivity contribution in [2.24, 2.45) is 0 Å². The lowest BCUT2D eigenvalue weighted by Crippen LogP contribution is -2.09. The van der Waals surface area contributed by atoms with E-state index in [1.807, 2.05) is 30.7 Å². The van der Waals surface area contributed by atoms with Crippen molar-refractivity contribution in [3.05, 3.63) is 41.5 Å². The number of nitrogens with zero attached hydrogens (tertiary/aromatic N) is 3. The molecule has 0 aromatic carbocycles. The quantitative estimate of drug-likeness (QED) is 0.879. The van der Waals surface area contributed by atoms with Crippen LogP contribution in [0.1, 0.15) is 43.8 Å². The maximum absolute atomic E-state index is 10.5. The summed E-state index contributed by atoms with van der Waals surface area (Å²) in [5.74, 6) is 0.669. The lowest BCUT2D eigenvalue weighted by Gasteiger charge is -2.13. The van der Waals surface area contributed by atoms with Crippen molar-refractivity contribution in [1.29, 1.82) is 0 Å². The lowest BCUT2D eigenvalue weighted by atomic mass is 10.1.